The molecule has 0 spiro atoms. The maximum absolute atomic E-state index is 5.85. The minimum absolute atomic E-state index is 0.831. The van der Waals surface area contributed by atoms with E-state index in [1.165, 1.54) is 22.5 Å². The summed E-state index contributed by atoms with van der Waals surface area (Å²) in [6.07, 6.45) is 0. The summed E-state index contributed by atoms with van der Waals surface area (Å²) < 4.78 is 0. The van der Waals surface area contributed by atoms with Crippen molar-refractivity contribution < 1.29 is 0 Å². The van der Waals surface area contributed by atoms with E-state index in [0.29, 0.717) is 0 Å². The molecule has 0 saturated carbocycles. The van der Waals surface area contributed by atoms with E-state index in [1.54, 1.807) is 0 Å². The summed E-state index contributed by atoms with van der Waals surface area (Å²) in [4.78, 5) is 4.88. The molecule has 0 aliphatic carbocycles. The minimum atomic E-state index is 0.831. The van der Waals surface area contributed by atoms with Crippen LogP contribution in [0.2, 0.25) is 0 Å². The molecular weight excluding hydrogens is 272 g/mol. The zero-order valence-corrected chi connectivity index (χ0v) is 13.3. The molecule has 1 heterocycles. The molecular formula is C18H24N4. The van der Waals surface area contributed by atoms with Gasteiger partial charge in [0.25, 0.3) is 0 Å². The number of nitrogens with zero attached hydrogens (tertiary/aromatic N) is 2. The van der Waals surface area contributed by atoms with Crippen LogP contribution in [0.15, 0.2) is 36.4 Å². The maximum Gasteiger partial charge on any atom is 0.0398 e. The molecule has 116 valence electrons. The number of piperazine rings is 1. The fourth-order valence-corrected chi connectivity index (χ4v) is 3.26. The normalized spacial score (nSPS) is 15.2. The molecule has 4 N–H and O–H groups in total. The molecule has 0 unspecified atom stereocenters. The summed E-state index contributed by atoms with van der Waals surface area (Å²) in [6, 6.07) is 12.3. The minimum Gasteiger partial charge on any atom is -0.399 e. The molecule has 1 fully saturated rings. The molecule has 3 rings (SSSR count). The lowest BCUT2D eigenvalue weighted by molar-refractivity contribution is 0.651. The summed E-state index contributed by atoms with van der Waals surface area (Å²) in [7, 11) is 0. The number of nitrogen functional groups attached to an aromatic ring is 2. The number of anilines is 4. The molecule has 1 aliphatic heterocycles. The first kappa shape index (κ1) is 14.6. The highest BCUT2D eigenvalue weighted by molar-refractivity contribution is 5.62. The number of hydrogen-bond acceptors (Lipinski definition) is 4. The van der Waals surface area contributed by atoms with Crippen LogP contribution in [0.25, 0.3) is 0 Å². The van der Waals surface area contributed by atoms with Crippen LogP contribution in [0.4, 0.5) is 22.7 Å². The van der Waals surface area contributed by atoms with Crippen molar-refractivity contribution in [3.05, 3.63) is 47.5 Å². The Kier molecular flexibility index (Phi) is 3.84. The molecule has 2 aromatic carbocycles. The van der Waals surface area contributed by atoms with Crippen molar-refractivity contribution in [1.29, 1.82) is 0 Å². The van der Waals surface area contributed by atoms with Crippen molar-refractivity contribution in [2.75, 3.05) is 47.4 Å². The van der Waals surface area contributed by atoms with Gasteiger partial charge in [0, 0.05) is 48.9 Å². The van der Waals surface area contributed by atoms with E-state index in [-0.39, 0.29) is 0 Å². The number of hydrogen-bond donors (Lipinski definition) is 2. The van der Waals surface area contributed by atoms with Crippen molar-refractivity contribution in [3.63, 3.8) is 0 Å². The first-order chi connectivity index (χ1) is 10.5. The second-order valence-electron chi connectivity index (χ2n) is 6.07. The SMILES string of the molecule is Cc1cc(N)ccc1N1CCN(c2ccc(N)cc2C)CC1. The summed E-state index contributed by atoms with van der Waals surface area (Å²) in [5.74, 6) is 0. The largest absolute Gasteiger partial charge is 0.399 e. The van der Waals surface area contributed by atoms with Gasteiger partial charge < -0.3 is 21.3 Å². The van der Waals surface area contributed by atoms with Crippen LogP contribution in [0.5, 0.6) is 0 Å². The van der Waals surface area contributed by atoms with Crippen LogP contribution >= 0.6 is 0 Å². The monoisotopic (exact) mass is 296 g/mol. The van der Waals surface area contributed by atoms with Gasteiger partial charge in [0.2, 0.25) is 0 Å². The molecule has 0 atom stereocenters. The Morgan fingerprint density at radius 3 is 1.36 bits per heavy atom. The predicted molar refractivity (Wildman–Crippen MR) is 95.6 cm³/mol. The van der Waals surface area contributed by atoms with Gasteiger partial charge in [-0.15, -0.1) is 0 Å². The van der Waals surface area contributed by atoms with Gasteiger partial charge in [-0.3, -0.25) is 0 Å². The Hall–Kier alpha value is -2.36. The highest BCUT2D eigenvalue weighted by atomic mass is 15.3. The molecule has 0 aromatic heterocycles. The lowest BCUT2D eigenvalue weighted by Gasteiger charge is -2.38. The molecule has 0 amide bonds. The summed E-state index contributed by atoms with van der Waals surface area (Å²) >= 11 is 0. The van der Waals surface area contributed by atoms with E-state index in [0.717, 1.165) is 37.6 Å². The van der Waals surface area contributed by atoms with Gasteiger partial charge in [-0.2, -0.15) is 0 Å². The highest BCUT2D eigenvalue weighted by Gasteiger charge is 2.19. The quantitative estimate of drug-likeness (QED) is 0.837. The Bertz CT molecular complexity index is 613. The van der Waals surface area contributed by atoms with E-state index in [4.69, 9.17) is 11.5 Å². The van der Waals surface area contributed by atoms with Crippen LogP contribution in [0.1, 0.15) is 11.1 Å². The third-order valence-corrected chi connectivity index (χ3v) is 4.40. The van der Waals surface area contributed by atoms with Gasteiger partial charge >= 0.3 is 0 Å². The molecule has 22 heavy (non-hydrogen) atoms. The molecule has 1 aliphatic rings. The third-order valence-electron chi connectivity index (χ3n) is 4.40. The molecule has 1 saturated heterocycles. The second kappa shape index (κ2) is 5.79. The lowest BCUT2D eigenvalue weighted by atomic mass is 10.1. The van der Waals surface area contributed by atoms with Crippen molar-refractivity contribution in [2.24, 2.45) is 0 Å². The van der Waals surface area contributed by atoms with Gasteiger partial charge in [-0.05, 0) is 61.4 Å². The van der Waals surface area contributed by atoms with E-state index in [1.807, 2.05) is 24.3 Å². The number of benzene rings is 2. The zero-order valence-electron chi connectivity index (χ0n) is 13.3. The molecule has 4 heteroatoms. The molecule has 2 aromatic rings. The Morgan fingerprint density at radius 2 is 1.05 bits per heavy atom. The van der Waals surface area contributed by atoms with Crippen molar-refractivity contribution in [2.45, 2.75) is 13.8 Å². The van der Waals surface area contributed by atoms with E-state index in [9.17, 15) is 0 Å². The van der Waals surface area contributed by atoms with Crippen molar-refractivity contribution in [3.8, 4) is 0 Å². The van der Waals surface area contributed by atoms with E-state index in [2.05, 4.69) is 35.8 Å². The van der Waals surface area contributed by atoms with Gasteiger partial charge in [0.1, 0.15) is 0 Å². The Labute approximate surface area is 132 Å². The van der Waals surface area contributed by atoms with Crippen molar-refractivity contribution in [1.82, 2.24) is 0 Å². The highest BCUT2D eigenvalue weighted by Crippen LogP contribution is 2.27. The fraction of sp³-hybridized carbons (Fsp3) is 0.333. The Morgan fingerprint density at radius 1 is 0.682 bits per heavy atom. The van der Waals surface area contributed by atoms with Crippen LogP contribution in [-0.4, -0.2) is 26.2 Å². The van der Waals surface area contributed by atoms with Gasteiger partial charge in [0.05, 0.1) is 0 Å². The fourth-order valence-electron chi connectivity index (χ4n) is 3.26. The van der Waals surface area contributed by atoms with Crippen LogP contribution in [-0.2, 0) is 0 Å². The van der Waals surface area contributed by atoms with E-state index < -0.39 is 0 Å². The van der Waals surface area contributed by atoms with Crippen molar-refractivity contribution >= 4 is 22.7 Å². The standard InChI is InChI=1S/C18H24N4/c1-13-11-15(19)3-5-17(13)21-7-9-22(10-8-21)18-6-4-16(20)12-14(18)2/h3-6,11-12H,7-10,19-20H2,1-2H3. The maximum atomic E-state index is 5.85. The average molecular weight is 296 g/mol. The lowest BCUT2D eigenvalue weighted by Crippen LogP contribution is -2.47. The smallest absolute Gasteiger partial charge is 0.0398 e. The molecule has 4 nitrogen and oxygen atoms in total. The summed E-state index contributed by atoms with van der Waals surface area (Å²) in [5.41, 5.74) is 18.4. The summed E-state index contributed by atoms with van der Waals surface area (Å²) in [6.45, 7) is 8.34. The topological polar surface area (TPSA) is 58.5 Å². The van der Waals surface area contributed by atoms with E-state index >= 15 is 0 Å². The van der Waals surface area contributed by atoms with Gasteiger partial charge in [0.15, 0.2) is 0 Å². The van der Waals surface area contributed by atoms with Gasteiger partial charge in [-0.1, -0.05) is 0 Å². The average Bonchev–Trinajstić information content (AvgIpc) is 2.48. The van der Waals surface area contributed by atoms with Gasteiger partial charge in [-0.25, -0.2) is 0 Å². The van der Waals surface area contributed by atoms with Crippen LogP contribution < -0.4 is 21.3 Å². The first-order valence-electron chi connectivity index (χ1n) is 7.77. The second-order valence-corrected chi connectivity index (χ2v) is 6.07. The van der Waals surface area contributed by atoms with Crippen LogP contribution in [0.3, 0.4) is 0 Å². The molecule has 0 radical (unpaired) electrons. The predicted octanol–water partition coefficient (Wildman–Crippen LogP) is 2.79. The summed E-state index contributed by atoms with van der Waals surface area (Å²) in [5, 5.41) is 0. The molecule has 0 bridgehead atoms. The zero-order chi connectivity index (χ0) is 15.7. The first-order valence-corrected chi connectivity index (χ1v) is 7.77. The van der Waals surface area contributed by atoms with Crippen LogP contribution in [0, 0.1) is 13.8 Å². The number of aryl methyl sites for hydroxylation is 2. The number of nitrogens with two attached hydrogens (primary N) is 2. The third kappa shape index (κ3) is 2.82. The number of rotatable bonds is 2. The Balaban J connectivity index is 1.72.